The highest BCUT2D eigenvalue weighted by Crippen LogP contribution is 2.22. The van der Waals surface area contributed by atoms with Crippen molar-refractivity contribution < 1.29 is 9.59 Å². The minimum absolute atomic E-state index is 0.0205. The molecule has 0 heterocycles. The molecule has 3 N–H and O–H groups in total. The van der Waals surface area contributed by atoms with Gasteiger partial charge >= 0.3 is 0 Å². The molecular weight excluding hydrogens is 494 g/mol. The van der Waals surface area contributed by atoms with E-state index in [2.05, 4.69) is 31.9 Å². The van der Waals surface area contributed by atoms with Crippen LogP contribution in [-0.2, 0) is 4.79 Å². The van der Waals surface area contributed by atoms with E-state index >= 15 is 0 Å². The lowest BCUT2D eigenvalue weighted by molar-refractivity contribution is -0.113. The Morgan fingerprint density at radius 1 is 0.871 bits per heavy atom. The van der Waals surface area contributed by atoms with E-state index in [0.717, 1.165) is 26.4 Å². The fourth-order valence-electron chi connectivity index (χ4n) is 2.62. The normalized spacial score (nSPS) is 10.3. The van der Waals surface area contributed by atoms with E-state index in [0.29, 0.717) is 16.4 Å². The van der Waals surface area contributed by atoms with Crippen molar-refractivity contribution in [2.75, 3.05) is 21.7 Å². The maximum Gasteiger partial charge on any atom is 0.234 e. The average Bonchev–Trinajstić information content (AvgIpc) is 2.74. The van der Waals surface area contributed by atoms with E-state index in [-0.39, 0.29) is 11.7 Å². The molecule has 0 aliphatic carbocycles. The lowest BCUT2D eigenvalue weighted by atomic mass is 10.1. The second kappa shape index (κ2) is 11.1. The number of benzene rings is 3. The minimum Gasteiger partial charge on any atom is -0.332 e. The summed E-state index contributed by atoms with van der Waals surface area (Å²) in [5.41, 5.74) is 3.02. The molecule has 0 fully saturated rings. The molecule has 5 nitrogen and oxygen atoms in total. The van der Waals surface area contributed by atoms with Crippen molar-refractivity contribution in [1.82, 2.24) is 0 Å². The molecule has 0 aliphatic heterocycles. The molecule has 0 unspecified atom stereocenters. The van der Waals surface area contributed by atoms with Gasteiger partial charge in [-0.05, 0) is 85.9 Å². The van der Waals surface area contributed by atoms with Gasteiger partial charge < -0.3 is 16.0 Å². The molecule has 1 amide bonds. The number of carbonyl (C=O) groups is 2. The first-order valence-corrected chi connectivity index (χ1v) is 11.5. The smallest absolute Gasteiger partial charge is 0.234 e. The zero-order valence-electron chi connectivity index (χ0n) is 16.6. The summed E-state index contributed by atoms with van der Waals surface area (Å²) in [6.07, 6.45) is 0. The summed E-state index contributed by atoms with van der Waals surface area (Å²) in [5, 5.41) is 9.54. The second-order valence-electron chi connectivity index (χ2n) is 6.58. The van der Waals surface area contributed by atoms with Gasteiger partial charge in [-0.15, -0.1) is 11.8 Å². The van der Waals surface area contributed by atoms with E-state index in [1.807, 2.05) is 48.5 Å². The molecule has 0 saturated heterocycles. The third-order valence-electron chi connectivity index (χ3n) is 4.14. The van der Waals surface area contributed by atoms with Crippen molar-refractivity contribution in [3.8, 4) is 0 Å². The Morgan fingerprint density at radius 2 is 1.48 bits per heavy atom. The number of nitrogens with one attached hydrogen (secondary N) is 3. The van der Waals surface area contributed by atoms with Gasteiger partial charge in [0.2, 0.25) is 5.91 Å². The minimum atomic E-state index is -0.0723. The van der Waals surface area contributed by atoms with Crippen LogP contribution in [0.1, 0.15) is 17.3 Å². The van der Waals surface area contributed by atoms with Crippen molar-refractivity contribution >= 4 is 73.8 Å². The number of hydrogen-bond donors (Lipinski definition) is 3. The molecule has 0 atom stereocenters. The van der Waals surface area contributed by atoms with Gasteiger partial charge in [0, 0.05) is 32.0 Å². The number of thiocarbonyl (C=S) groups is 1. The van der Waals surface area contributed by atoms with Crippen molar-refractivity contribution in [3.63, 3.8) is 0 Å². The van der Waals surface area contributed by atoms with Gasteiger partial charge in [-0.1, -0.05) is 22.0 Å². The van der Waals surface area contributed by atoms with Gasteiger partial charge in [-0.3, -0.25) is 9.59 Å². The quantitative estimate of drug-likeness (QED) is 0.198. The van der Waals surface area contributed by atoms with E-state index in [1.54, 1.807) is 24.3 Å². The molecular formula is C23H20BrN3O2S2. The zero-order chi connectivity index (χ0) is 22.2. The van der Waals surface area contributed by atoms with Crippen LogP contribution in [0.15, 0.2) is 82.2 Å². The Hall–Kier alpha value is -2.68. The zero-order valence-corrected chi connectivity index (χ0v) is 19.9. The van der Waals surface area contributed by atoms with E-state index < -0.39 is 0 Å². The number of rotatable bonds is 7. The highest BCUT2D eigenvalue weighted by atomic mass is 79.9. The molecule has 3 aromatic carbocycles. The van der Waals surface area contributed by atoms with Gasteiger partial charge in [0.15, 0.2) is 10.9 Å². The van der Waals surface area contributed by atoms with Crippen molar-refractivity contribution in [1.29, 1.82) is 0 Å². The molecule has 0 spiro atoms. The highest BCUT2D eigenvalue weighted by Gasteiger charge is 2.06. The van der Waals surface area contributed by atoms with E-state index in [1.165, 1.54) is 18.7 Å². The summed E-state index contributed by atoms with van der Waals surface area (Å²) in [6.45, 7) is 1.53. The summed E-state index contributed by atoms with van der Waals surface area (Å²) in [4.78, 5) is 24.5. The summed E-state index contributed by atoms with van der Waals surface area (Å²) >= 11 is 10.2. The largest absolute Gasteiger partial charge is 0.332 e. The topological polar surface area (TPSA) is 70.2 Å². The molecule has 0 bridgehead atoms. The maximum absolute atomic E-state index is 12.2. The van der Waals surface area contributed by atoms with Crippen LogP contribution in [0.4, 0.5) is 17.1 Å². The molecule has 0 radical (unpaired) electrons. The van der Waals surface area contributed by atoms with Crippen molar-refractivity contribution in [3.05, 3.63) is 82.8 Å². The van der Waals surface area contributed by atoms with Crippen LogP contribution in [0.3, 0.4) is 0 Å². The predicted octanol–water partition coefficient (Wildman–Crippen LogP) is 6.19. The van der Waals surface area contributed by atoms with E-state index in [4.69, 9.17) is 12.2 Å². The standard InChI is InChI=1S/C23H20BrN3O2S2/c1-15(28)16-5-9-19(10-6-16)26-23(30)27-20-3-2-4-21(13-20)31-14-22(29)25-18-11-7-17(24)8-12-18/h2-13H,14H2,1H3,(H,25,29)(H2,26,27,30). The highest BCUT2D eigenvalue weighted by molar-refractivity contribution is 9.10. The van der Waals surface area contributed by atoms with Gasteiger partial charge in [0.05, 0.1) is 5.75 Å². The number of carbonyl (C=O) groups excluding carboxylic acids is 2. The van der Waals surface area contributed by atoms with Crippen LogP contribution in [0.5, 0.6) is 0 Å². The molecule has 3 aromatic rings. The van der Waals surface area contributed by atoms with Gasteiger partial charge in [0.25, 0.3) is 0 Å². The maximum atomic E-state index is 12.2. The summed E-state index contributed by atoms with van der Waals surface area (Å²) in [7, 11) is 0. The number of halogens is 1. The van der Waals surface area contributed by atoms with Crippen LogP contribution in [0.25, 0.3) is 0 Å². The van der Waals surface area contributed by atoms with Gasteiger partial charge in [0.1, 0.15) is 0 Å². The number of thioether (sulfide) groups is 1. The first kappa shape index (κ1) is 23.0. The fraction of sp³-hybridized carbons (Fsp3) is 0.0870. The van der Waals surface area contributed by atoms with Crippen molar-refractivity contribution in [2.24, 2.45) is 0 Å². The molecule has 0 aliphatic rings. The summed E-state index contributed by atoms with van der Waals surface area (Å²) in [5.74, 6) is 0.244. The number of ketones is 1. The Bertz CT molecular complexity index is 1090. The second-order valence-corrected chi connectivity index (χ2v) is 8.96. The first-order valence-electron chi connectivity index (χ1n) is 9.36. The monoisotopic (exact) mass is 513 g/mol. The number of amides is 1. The fourth-order valence-corrected chi connectivity index (χ4v) is 3.88. The SMILES string of the molecule is CC(=O)c1ccc(NC(=S)Nc2cccc(SCC(=O)Nc3ccc(Br)cc3)c2)cc1. The lowest BCUT2D eigenvalue weighted by Crippen LogP contribution is -2.19. The van der Waals surface area contributed by atoms with E-state index in [9.17, 15) is 9.59 Å². The molecule has 8 heteroatoms. The Morgan fingerprint density at radius 3 is 2.16 bits per heavy atom. The third kappa shape index (κ3) is 7.50. The lowest BCUT2D eigenvalue weighted by Gasteiger charge is -2.12. The Labute approximate surface area is 199 Å². The van der Waals surface area contributed by atoms with Crippen LogP contribution >= 0.6 is 39.9 Å². The van der Waals surface area contributed by atoms with Gasteiger partial charge in [-0.25, -0.2) is 0 Å². The van der Waals surface area contributed by atoms with Crippen LogP contribution in [0.2, 0.25) is 0 Å². The summed E-state index contributed by atoms with van der Waals surface area (Å²) < 4.78 is 0.963. The average molecular weight is 514 g/mol. The molecule has 31 heavy (non-hydrogen) atoms. The van der Waals surface area contributed by atoms with Crippen molar-refractivity contribution in [2.45, 2.75) is 11.8 Å². The Kier molecular flexibility index (Phi) is 8.22. The summed E-state index contributed by atoms with van der Waals surface area (Å²) in [6, 6.07) is 22.3. The molecule has 158 valence electrons. The number of hydrogen-bond acceptors (Lipinski definition) is 4. The van der Waals surface area contributed by atoms with Crippen LogP contribution in [0, 0.1) is 0 Å². The first-order chi connectivity index (χ1) is 14.9. The molecule has 0 aromatic heterocycles. The predicted molar refractivity (Wildman–Crippen MR) is 136 cm³/mol. The van der Waals surface area contributed by atoms with Crippen LogP contribution in [-0.4, -0.2) is 22.6 Å². The van der Waals surface area contributed by atoms with Gasteiger partial charge in [-0.2, -0.15) is 0 Å². The third-order valence-corrected chi connectivity index (χ3v) is 5.87. The number of anilines is 3. The molecule has 3 rings (SSSR count). The molecule has 0 saturated carbocycles. The number of Topliss-reactive ketones (excluding diaryl/α,β-unsaturated/α-hetero) is 1. The van der Waals surface area contributed by atoms with Crippen LogP contribution < -0.4 is 16.0 Å². The Balaban J connectivity index is 1.51.